The number of nitrogens with zero attached hydrogens (tertiary/aromatic N) is 1. The lowest BCUT2D eigenvalue weighted by atomic mass is 10.0. The zero-order valence-electron chi connectivity index (χ0n) is 9.94. The largest absolute Gasteiger partial charge is 0.355 e. The van der Waals surface area contributed by atoms with Gasteiger partial charge in [0.1, 0.15) is 0 Å². The molecule has 0 saturated carbocycles. The van der Waals surface area contributed by atoms with E-state index in [1.807, 2.05) is 12.1 Å². The van der Waals surface area contributed by atoms with Crippen molar-refractivity contribution in [2.24, 2.45) is 0 Å². The fraction of sp³-hybridized carbons (Fsp3) is 0.214. The summed E-state index contributed by atoms with van der Waals surface area (Å²) >= 11 is 0. The monoisotopic (exact) mass is 230 g/mol. The van der Waals surface area contributed by atoms with Crippen LogP contribution in [0.2, 0.25) is 0 Å². The smallest absolute Gasteiger partial charge is 0.214 e. The van der Waals surface area contributed by atoms with E-state index >= 15 is 0 Å². The van der Waals surface area contributed by atoms with Crippen molar-refractivity contribution in [3.05, 3.63) is 54.1 Å². The number of hydrogen-bond donors (Lipinski definition) is 1. The summed E-state index contributed by atoms with van der Waals surface area (Å²) in [6.45, 7) is 4.29. The number of rotatable bonds is 3. The Bertz CT molecular complexity index is 509. The van der Waals surface area contributed by atoms with Gasteiger partial charge in [0.05, 0.1) is 0 Å². The number of aromatic nitrogens is 1. The van der Waals surface area contributed by atoms with Crippen LogP contribution >= 0.6 is 0 Å². The third-order valence-corrected chi connectivity index (χ3v) is 2.57. The van der Waals surface area contributed by atoms with Gasteiger partial charge < -0.3 is 5.32 Å². The Labute approximate surface area is 101 Å². The quantitative estimate of drug-likeness (QED) is 0.803. The lowest BCUT2D eigenvalue weighted by Gasteiger charge is -2.10. The molecule has 0 saturated heterocycles. The highest BCUT2D eigenvalue weighted by Crippen LogP contribution is 2.21. The molecule has 0 unspecified atom stereocenters. The Kier molecular flexibility index (Phi) is 3.38. The molecule has 17 heavy (non-hydrogen) atoms. The second kappa shape index (κ2) is 4.95. The Morgan fingerprint density at radius 3 is 2.59 bits per heavy atom. The van der Waals surface area contributed by atoms with E-state index < -0.39 is 5.95 Å². The molecule has 0 aliphatic rings. The topological polar surface area (TPSA) is 24.9 Å². The molecule has 3 heteroatoms. The lowest BCUT2D eigenvalue weighted by molar-refractivity contribution is 0.584. The molecule has 2 nitrogen and oxygen atoms in total. The maximum absolute atomic E-state index is 12.9. The first kappa shape index (κ1) is 11.6. The van der Waals surface area contributed by atoms with Crippen LogP contribution in [0.3, 0.4) is 0 Å². The predicted octanol–water partition coefficient (Wildman–Crippen LogP) is 4.09. The number of benzene rings is 1. The lowest BCUT2D eigenvalue weighted by Crippen LogP contribution is -1.94. The highest BCUT2D eigenvalue weighted by Gasteiger charge is 2.01. The van der Waals surface area contributed by atoms with Crippen molar-refractivity contribution in [1.82, 2.24) is 4.98 Å². The highest BCUT2D eigenvalue weighted by molar-refractivity contribution is 5.59. The molecular formula is C14H15FN2. The van der Waals surface area contributed by atoms with Crippen LogP contribution in [0, 0.1) is 5.95 Å². The number of pyridine rings is 1. The average Bonchev–Trinajstić information content (AvgIpc) is 2.29. The van der Waals surface area contributed by atoms with Gasteiger partial charge in [0.15, 0.2) is 0 Å². The van der Waals surface area contributed by atoms with Crippen LogP contribution in [-0.2, 0) is 0 Å². The third-order valence-electron chi connectivity index (χ3n) is 2.57. The predicted molar refractivity (Wildman–Crippen MR) is 68.0 cm³/mol. The van der Waals surface area contributed by atoms with Crippen LogP contribution in [-0.4, -0.2) is 4.98 Å². The van der Waals surface area contributed by atoms with Crippen LogP contribution < -0.4 is 5.32 Å². The van der Waals surface area contributed by atoms with Crippen molar-refractivity contribution < 1.29 is 4.39 Å². The van der Waals surface area contributed by atoms with Gasteiger partial charge >= 0.3 is 0 Å². The van der Waals surface area contributed by atoms with Crippen LogP contribution in [0.1, 0.15) is 25.3 Å². The molecule has 0 spiro atoms. The number of anilines is 2. The molecule has 0 bridgehead atoms. The van der Waals surface area contributed by atoms with Gasteiger partial charge in [0.2, 0.25) is 5.95 Å². The van der Waals surface area contributed by atoms with Crippen LogP contribution in [0.5, 0.6) is 0 Å². The second-order valence-electron chi connectivity index (χ2n) is 4.27. The first-order valence-electron chi connectivity index (χ1n) is 5.63. The second-order valence-corrected chi connectivity index (χ2v) is 4.27. The molecule has 1 aromatic carbocycles. The molecule has 0 aliphatic heterocycles. The summed E-state index contributed by atoms with van der Waals surface area (Å²) < 4.78 is 12.9. The summed E-state index contributed by atoms with van der Waals surface area (Å²) in [5, 5.41) is 3.16. The molecule has 0 aliphatic carbocycles. The number of nitrogens with one attached hydrogen (secondary N) is 1. The van der Waals surface area contributed by atoms with Crippen molar-refractivity contribution >= 4 is 11.4 Å². The van der Waals surface area contributed by atoms with Crippen LogP contribution in [0.15, 0.2) is 42.6 Å². The molecule has 1 aromatic heterocycles. The van der Waals surface area contributed by atoms with Gasteiger partial charge in [-0.2, -0.15) is 4.39 Å². The van der Waals surface area contributed by atoms with E-state index in [2.05, 4.69) is 36.3 Å². The zero-order valence-corrected chi connectivity index (χ0v) is 9.94. The molecule has 0 radical (unpaired) electrons. The van der Waals surface area contributed by atoms with E-state index in [9.17, 15) is 4.39 Å². The Balaban J connectivity index is 2.21. The van der Waals surface area contributed by atoms with Crippen molar-refractivity contribution in [2.45, 2.75) is 19.8 Å². The Morgan fingerprint density at radius 1 is 1.12 bits per heavy atom. The normalized spacial score (nSPS) is 10.6. The van der Waals surface area contributed by atoms with Gasteiger partial charge in [0, 0.05) is 23.6 Å². The van der Waals surface area contributed by atoms with E-state index in [1.165, 1.54) is 17.8 Å². The molecule has 1 heterocycles. The van der Waals surface area contributed by atoms with E-state index in [1.54, 1.807) is 6.07 Å². The van der Waals surface area contributed by atoms with Gasteiger partial charge in [-0.25, -0.2) is 4.98 Å². The summed E-state index contributed by atoms with van der Waals surface area (Å²) in [6.07, 6.45) is 1.45. The summed E-state index contributed by atoms with van der Waals surface area (Å²) in [4.78, 5) is 3.52. The number of hydrogen-bond acceptors (Lipinski definition) is 2. The van der Waals surface area contributed by atoms with E-state index in [-0.39, 0.29) is 0 Å². The first-order valence-corrected chi connectivity index (χ1v) is 5.63. The minimum absolute atomic E-state index is 0.477. The van der Waals surface area contributed by atoms with E-state index in [0.29, 0.717) is 11.6 Å². The van der Waals surface area contributed by atoms with Gasteiger partial charge in [0.25, 0.3) is 0 Å². The minimum Gasteiger partial charge on any atom is -0.355 e. The molecule has 88 valence electrons. The molecular weight excluding hydrogens is 215 g/mol. The minimum atomic E-state index is -0.477. The van der Waals surface area contributed by atoms with Gasteiger partial charge in [-0.05, 0) is 29.7 Å². The Hall–Kier alpha value is -1.90. The molecule has 1 N–H and O–H groups in total. The fourth-order valence-electron chi connectivity index (χ4n) is 1.62. The van der Waals surface area contributed by atoms with Crippen molar-refractivity contribution in [3.63, 3.8) is 0 Å². The standard InChI is InChI=1S/C14H15FN2/c1-10(2)11-4-3-5-12(8-11)17-13-6-7-16-14(15)9-13/h3-10H,1-2H3,(H,16,17). The molecule has 0 amide bonds. The van der Waals surface area contributed by atoms with Gasteiger partial charge in [-0.15, -0.1) is 0 Å². The summed E-state index contributed by atoms with van der Waals surface area (Å²) in [7, 11) is 0. The maximum atomic E-state index is 12.9. The van der Waals surface area contributed by atoms with Gasteiger partial charge in [-0.3, -0.25) is 0 Å². The van der Waals surface area contributed by atoms with Crippen molar-refractivity contribution in [1.29, 1.82) is 0 Å². The summed E-state index contributed by atoms with van der Waals surface area (Å²) in [5.41, 5.74) is 2.92. The molecule has 2 aromatic rings. The molecule has 2 rings (SSSR count). The summed E-state index contributed by atoms with van der Waals surface area (Å²) in [5.74, 6) is 0.000871. The van der Waals surface area contributed by atoms with Crippen molar-refractivity contribution in [3.8, 4) is 0 Å². The number of halogens is 1. The molecule has 0 fully saturated rings. The molecule has 0 atom stereocenters. The Morgan fingerprint density at radius 2 is 1.88 bits per heavy atom. The van der Waals surface area contributed by atoms with E-state index in [0.717, 1.165) is 5.69 Å². The van der Waals surface area contributed by atoms with Gasteiger partial charge in [-0.1, -0.05) is 26.0 Å². The van der Waals surface area contributed by atoms with E-state index in [4.69, 9.17) is 0 Å². The van der Waals surface area contributed by atoms with Crippen LogP contribution in [0.4, 0.5) is 15.8 Å². The maximum Gasteiger partial charge on any atom is 0.214 e. The van der Waals surface area contributed by atoms with Crippen LogP contribution in [0.25, 0.3) is 0 Å². The fourth-order valence-corrected chi connectivity index (χ4v) is 1.62. The average molecular weight is 230 g/mol. The SMILES string of the molecule is CC(C)c1cccc(Nc2ccnc(F)c2)c1. The summed E-state index contributed by atoms with van der Waals surface area (Å²) in [6, 6.07) is 11.2. The highest BCUT2D eigenvalue weighted by atomic mass is 19.1. The first-order chi connectivity index (χ1) is 8.15. The zero-order chi connectivity index (χ0) is 12.3. The van der Waals surface area contributed by atoms with Crippen molar-refractivity contribution in [2.75, 3.05) is 5.32 Å². The third kappa shape index (κ3) is 3.03.